The first-order valence-corrected chi connectivity index (χ1v) is 13.9. The minimum absolute atomic E-state index is 0.858. The lowest BCUT2D eigenvalue weighted by Crippen LogP contribution is -2.17. The van der Waals surface area contributed by atoms with E-state index in [1.54, 1.807) is 0 Å². The molecule has 0 bridgehead atoms. The van der Waals surface area contributed by atoms with E-state index in [-0.39, 0.29) is 0 Å². The van der Waals surface area contributed by atoms with Crippen molar-refractivity contribution in [3.05, 3.63) is 169 Å². The molecule has 6 rings (SSSR count). The Morgan fingerprint density at radius 2 is 0.575 bits per heavy atom. The number of nitrogens with zero attached hydrogens (tertiary/aromatic N) is 1. The van der Waals surface area contributed by atoms with E-state index in [1.165, 1.54) is 55.6 Å². The van der Waals surface area contributed by atoms with E-state index < -0.39 is 0 Å². The van der Waals surface area contributed by atoms with Crippen LogP contribution in [0.5, 0.6) is 0 Å². The van der Waals surface area contributed by atoms with E-state index in [0.29, 0.717) is 0 Å². The van der Waals surface area contributed by atoms with Gasteiger partial charge in [0.25, 0.3) is 0 Å². The van der Waals surface area contributed by atoms with Crippen molar-refractivity contribution in [3.8, 4) is 44.5 Å². The standard InChI is InChI=1S/C39H33N/c1-40(28-30-22-36(32-14-6-2-7-15-32)26-37(23-30)33-16-8-3-9-17-33)29-31-24-38(34-18-10-4-11-19-34)27-39(25-31)35-20-12-5-13-21-35/h2-27H,28-29H2,1H3. The van der Waals surface area contributed by atoms with Crippen LogP contribution in [0.3, 0.4) is 0 Å². The molecule has 0 heterocycles. The molecule has 0 aliphatic heterocycles. The predicted molar refractivity (Wildman–Crippen MR) is 170 cm³/mol. The van der Waals surface area contributed by atoms with Crippen LogP contribution in [0.25, 0.3) is 44.5 Å². The van der Waals surface area contributed by atoms with Gasteiger partial charge in [-0.1, -0.05) is 121 Å². The summed E-state index contributed by atoms with van der Waals surface area (Å²) in [5.41, 5.74) is 12.6. The molecule has 0 N–H and O–H groups in total. The molecule has 194 valence electrons. The molecule has 0 unspecified atom stereocenters. The average molecular weight is 516 g/mol. The molecule has 0 fully saturated rings. The van der Waals surface area contributed by atoms with Crippen molar-refractivity contribution in [1.82, 2.24) is 4.90 Å². The van der Waals surface area contributed by atoms with Crippen molar-refractivity contribution in [3.63, 3.8) is 0 Å². The zero-order chi connectivity index (χ0) is 27.1. The van der Waals surface area contributed by atoms with Gasteiger partial charge in [0.15, 0.2) is 0 Å². The Hall–Kier alpha value is -4.72. The molecule has 1 nitrogen and oxygen atoms in total. The molecule has 0 amide bonds. The molecule has 0 aliphatic rings. The summed E-state index contributed by atoms with van der Waals surface area (Å²) >= 11 is 0. The second-order valence-corrected chi connectivity index (χ2v) is 10.5. The molecule has 0 aliphatic carbocycles. The van der Waals surface area contributed by atoms with Crippen LogP contribution in [0.2, 0.25) is 0 Å². The molecule has 0 saturated heterocycles. The van der Waals surface area contributed by atoms with Crippen molar-refractivity contribution < 1.29 is 0 Å². The van der Waals surface area contributed by atoms with E-state index in [9.17, 15) is 0 Å². The first-order chi connectivity index (χ1) is 19.7. The van der Waals surface area contributed by atoms with Gasteiger partial charge in [0.2, 0.25) is 0 Å². The average Bonchev–Trinajstić information content (AvgIpc) is 3.02. The van der Waals surface area contributed by atoms with Gasteiger partial charge >= 0.3 is 0 Å². The monoisotopic (exact) mass is 515 g/mol. The maximum absolute atomic E-state index is 2.41. The Bertz CT molecular complexity index is 1430. The minimum Gasteiger partial charge on any atom is -0.298 e. The van der Waals surface area contributed by atoms with Gasteiger partial charge in [-0.05, 0) is 99.1 Å². The van der Waals surface area contributed by atoms with Crippen LogP contribution < -0.4 is 0 Å². The fourth-order valence-corrected chi connectivity index (χ4v) is 5.43. The largest absolute Gasteiger partial charge is 0.298 e. The smallest absolute Gasteiger partial charge is 0.0234 e. The molecule has 6 aromatic carbocycles. The van der Waals surface area contributed by atoms with Gasteiger partial charge < -0.3 is 0 Å². The highest BCUT2D eigenvalue weighted by Gasteiger charge is 2.11. The van der Waals surface area contributed by atoms with Crippen molar-refractivity contribution in [2.45, 2.75) is 13.1 Å². The summed E-state index contributed by atoms with van der Waals surface area (Å²) < 4.78 is 0. The van der Waals surface area contributed by atoms with Crippen molar-refractivity contribution in [1.29, 1.82) is 0 Å². The van der Waals surface area contributed by atoms with Crippen LogP contribution in [-0.2, 0) is 13.1 Å². The lowest BCUT2D eigenvalue weighted by Gasteiger charge is -2.20. The van der Waals surface area contributed by atoms with Crippen molar-refractivity contribution >= 4 is 0 Å². The second kappa shape index (κ2) is 12.0. The molecule has 6 aromatic rings. The Morgan fingerprint density at radius 3 is 0.825 bits per heavy atom. The number of hydrogen-bond acceptors (Lipinski definition) is 1. The summed E-state index contributed by atoms with van der Waals surface area (Å²) in [7, 11) is 2.22. The SMILES string of the molecule is CN(Cc1cc(-c2ccccc2)cc(-c2ccccc2)c1)Cc1cc(-c2ccccc2)cc(-c2ccccc2)c1. The third kappa shape index (κ3) is 6.12. The molecule has 0 atom stereocenters. The normalized spacial score (nSPS) is 11.1. The zero-order valence-corrected chi connectivity index (χ0v) is 22.9. The highest BCUT2D eigenvalue weighted by molar-refractivity contribution is 5.75. The molecule has 0 radical (unpaired) electrons. The third-order valence-electron chi connectivity index (χ3n) is 7.32. The van der Waals surface area contributed by atoms with Gasteiger partial charge in [-0.3, -0.25) is 4.90 Å². The first-order valence-electron chi connectivity index (χ1n) is 13.9. The summed E-state index contributed by atoms with van der Waals surface area (Å²) in [6.07, 6.45) is 0. The maximum atomic E-state index is 2.41. The molecule has 40 heavy (non-hydrogen) atoms. The van der Waals surface area contributed by atoms with Crippen LogP contribution in [0.4, 0.5) is 0 Å². The summed E-state index contributed by atoms with van der Waals surface area (Å²) in [6, 6.07) is 56.7. The van der Waals surface area contributed by atoms with Crippen LogP contribution >= 0.6 is 0 Å². The lowest BCUT2D eigenvalue weighted by atomic mass is 9.95. The van der Waals surface area contributed by atoms with E-state index >= 15 is 0 Å². The highest BCUT2D eigenvalue weighted by atomic mass is 15.1. The van der Waals surface area contributed by atoms with E-state index in [2.05, 4.69) is 170 Å². The predicted octanol–water partition coefficient (Wildman–Crippen LogP) is 9.99. The first kappa shape index (κ1) is 25.6. The number of rotatable bonds is 8. The van der Waals surface area contributed by atoms with Crippen LogP contribution in [0, 0.1) is 0 Å². The summed E-state index contributed by atoms with van der Waals surface area (Å²) in [5.74, 6) is 0. The molecule has 0 saturated carbocycles. The topological polar surface area (TPSA) is 3.24 Å². The minimum atomic E-state index is 0.858. The third-order valence-corrected chi connectivity index (χ3v) is 7.32. The van der Waals surface area contributed by atoms with Crippen LogP contribution in [0.15, 0.2) is 158 Å². The quantitative estimate of drug-likeness (QED) is 0.195. The van der Waals surface area contributed by atoms with Gasteiger partial charge in [-0.2, -0.15) is 0 Å². The number of hydrogen-bond donors (Lipinski definition) is 0. The van der Waals surface area contributed by atoms with E-state index in [1.807, 2.05) is 0 Å². The molecule has 0 spiro atoms. The summed E-state index contributed by atoms with van der Waals surface area (Å²) in [5, 5.41) is 0. The fourth-order valence-electron chi connectivity index (χ4n) is 5.43. The van der Waals surface area contributed by atoms with Gasteiger partial charge in [0.1, 0.15) is 0 Å². The molecular formula is C39H33N. The fraction of sp³-hybridized carbons (Fsp3) is 0.0769. The van der Waals surface area contributed by atoms with E-state index in [0.717, 1.165) is 13.1 Å². The van der Waals surface area contributed by atoms with Crippen molar-refractivity contribution in [2.24, 2.45) is 0 Å². The van der Waals surface area contributed by atoms with Gasteiger partial charge in [-0.15, -0.1) is 0 Å². The van der Waals surface area contributed by atoms with Crippen LogP contribution in [-0.4, -0.2) is 11.9 Å². The van der Waals surface area contributed by atoms with E-state index in [4.69, 9.17) is 0 Å². The lowest BCUT2D eigenvalue weighted by molar-refractivity contribution is 0.319. The molecule has 1 heteroatoms. The Balaban J connectivity index is 1.32. The highest BCUT2D eigenvalue weighted by Crippen LogP contribution is 2.31. The maximum Gasteiger partial charge on any atom is 0.0234 e. The summed E-state index contributed by atoms with van der Waals surface area (Å²) in [6.45, 7) is 1.72. The van der Waals surface area contributed by atoms with Gasteiger partial charge in [0.05, 0.1) is 0 Å². The van der Waals surface area contributed by atoms with Gasteiger partial charge in [0, 0.05) is 13.1 Å². The Kier molecular flexibility index (Phi) is 7.66. The number of benzene rings is 6. The Morgan fingerprint density at radius 1 is 0.325 bits per heavy atom. The molecular weight excluding hydrogens is 482 g/mol. The zero-order valence-electron chi connectivity index (χ0n) is 22.9. The van der Waals surface area contributed by atoms with Crippen LogP contribution in [0.1, 0.15) is 11.1 Å². The Labute approximate surface area is 238 Å². The summed E-state index contributed by atoms with van der Waals surface area (Å²) in [4.78, 5) is 2.41. The van der Waals surface area contributed by atoms with Crippen molar-refractivity contribution in [2.75, 3.05) is 7.05 Å². The second-order valence-electron chi connectivity index (χ2n) is 10.5. The molecule has 0 aromatic heterocycles. The van der Waals surface area contributed by atoms with Gasteiger partial charge in [-0.25, -0.2) is 0 Å².